The smallest absolute Gasteiger partial charge is 0.271 e. The number of carbonyl (C=O) groups excluding carboxylic acids is 1. The molecule has 152 valence electrons. The number of halogens is 1. The second-order valence-electron chi connectivity index (χ2n) is 6.86. The average molecular weight is 415 g/mol. The average Bonchev–Trinajstić information content (AvgIpc) is 3.18. The van der Waals surface area contributed by atoms with Crippen molar-refractivity contribution in [1.29, 1.82) is 0 Å². The molecule has 1 aliphatic heterocycles. The van der Waals surface area contributed by atoms with Crippen LogP contribution in [0.1, 0.15) is 22.1 Å². The molecule has 8 heteroatoms. The molecule has 2 aromatic heterocycles. The summed E-state index contributed by atoms with van der Waals surface area (Å²) in [6, 6.07) is 11.4. The molecule has 1 atom stereocenters. The largest absolute Gasteiger partial charge is 0.496 e. The molecule has 7 nitrogen and oxygen atoms in total. The zero-order valence-electron chi connectivity index (χ0n) is 16.2. The molecule has 0 saturated carbocycles. The summed E-state index contributed by atoms with van der Waals surface area (Å²) in [7, 11) is 1.66. The van der Waals surface area contributed by atoms with Gasteiger partial charge in [-0.3, -0.25) is 9.69 Å². The number of carbonyl (C=O) groups is 1. The van der Waals surface area contributed by atoms with Gasteiger partial charge in [0.15, 0.2) is 0 Å². The molecule has 1 amide bonds. The second kappa shape index (κ2) is 8.82. The van der Waals surface area contributed by atoms with Crippen molar-refractivity contribution in [2.75, 3.05) is 40.0 Å². The van der Waals surface area contributed by atoms with Gasteiger partial charge < -0.3 is 19.2 Å². The number of benzene rings is 1. The van der Waals surface area contributed by atoms with Crippen molar-refractivity contribution in [3.63, 3.8) is 0 Å². The topological polar surface area (TPSA) is 68.1 Å². The van der Waals surface area contributed by atoms with E-state index in [4.69, 9.17) is 21.1 Å². The first-order chi connectivity index (χ1) is 14.2. The van der Waals surface area contributed by atoms with Gasteiger partial charge in [0.05, 0.1) is 31.4 Å². The van der Waals surface area contributed by atoms with Gasteiger partial charge in [-0.15, -0.1) is 0 Å². The highest BCUT2D eigenvalue weighted by Gasteiger charge is 2.26. The Morgan fingerprint density at radius 1 is 1.24 bits per heavy atom. The van der Waals surface area contributed by atoms with Gasteiger partial charge in [-0.05, 0) is 18.2 Å². The molecule has 0 aliphatic carbocycles. The van der Waals surface area contributed by atoms with Crippen molar-refractivity contribution in [2.24, 2.45) is 0 Å². The highest BCUT2D eigenvalue weighted by molar-refractivity contribution is 6.30. The molecule has 3 aromatic rings. The lowest BCUT2D eigenvalue weighted by molar-refractivity contribution is 0.0157. The predicted octanol–water partition coefficient (Wildman–Crippen LogP) is 2.80. The number of imidazole rings is 1. The number of amides is 1. The van der Waals surface area contributed by atoms with E-state index in [0.717, 1.165) is 24.4 Å². The predicted molar refractivity (Wildman–Crippen MR) is 111 cm³/mol. The Morgan fingerprint density at radius 3 is 2.83 bits per heavy atom. The maximum absolute atomic E-state index is 12.8. The van der Waals surface area contributed by atoms with Crippen molar-refractivity contribution < 1.29 is 14.3 Å². The lowest BCUT2D eigenvalue weighted by Gasteiger charge is -2.35. The van der Waals surface area contributed by atoms with Crippen molar-refractivity contribution in [2.45, 2.75) is 6.04 Å². The summed E-state index contributed by atoms with van der Waals surface area (Å²) in [4.78, 5) is 19.5. The van der Waals surface area contributed by atoms with Gasteiger partial charge in [0.1, 0.15) is 17.1 Å². The first-order valence-electron chi connectivity index (χ1n) is 9.53. The van der Waals surface area contributed by atoms with Crippen LogP contribution in [0.5, 0.6) is 5.75 Å². The van der Waals surface area contributed by atoms with E-state index in [0.29, 0.717) is 36.1 Å². The number of pyridine rings is 1. The highest BCUT2D eigenvalue weighted by atomic mass is 35.5. The first kappa shape index (κ1) is 19.7. The van der Waals surface area contributed by atoms with Crippen LogP contribution in [0.25, 0.3) is 5.65 Å². The van der Waals surface area contributed by atoms with E-state index in [-0.39, 0.29) is 11.9 Å². The van der Waals surface area contributed by atoms with Crippen molar-refractivity contribution in [1.82, 2.24) is 19.6 Å². The minimum absolute atomic E-state index is 0.0227. The summed E-state index contributed by atoms with van der Waals surface area (Å²) in [6.45, 7) is 3.38. The zero-order chi connectivity index (χ0) is 20.2. The van der Waals surface area contributed by atoms with Gasteiger partial charge in [0.25, 0.3) is 5.91 Å². The van der Waals surface area contributed by atoms with E-state index in [9.17, 15) is 4.79 Å². The third-order valence-electron chi connectivity index (χ3n) is 5.09. The van der Waals surface area contributed by atoms with Crippen LogP contribution in [0, 0.1) is 0 Å². The number of nitrogens with zero attached hydrogens (tertiary/aromatic N) is 3. The van der Waals surface area contributed by atoms with Gasteiger partial charge in [0, 0.05) is 37.6 Å². The normalized spacial score (nSPS) is 15.9. The SMILES string of the molecule is COc1ccccc1C(CNC(=O)c1cn2cc(Cl)ccc2n1)N1CCOCC1. The minimum Gasteiger partial charge on any atom is -0.496 e. The first-order valence-corrected chi connectivity index (χ1v) is 9.90. The van der Waals surface area contributed by atoms with Crippen LogP contribution >= 0.6 is 11.6 Å². The fraction of sp³-hybridized carbons (Fsp3) is 0.333. The van der Waals surface area contributed by atoms with E-state index >= 15 is 0 Å². The molecule has 1 unspecified atom stereocenters. The Labute approximate surface area is 174 Å². The number of aromatic nitrogens is 2. The van der Waals surface area contributed by atoms with E-state index in [2.05, 4.69) is 15.2 Å². The quantitative estimate of drug-likeness (QED) is 0.671. The Morgan fingerprint density at radius 2 is 2.03 bits per heavy atom. The van der Waals surface area contributed by atoms with E-state index in [1.54, 1.807) is 36.0 Å². The van der Waals surface area contributed by atoms with Crippen LogP contribution in [0.2, 0.25) is 5.02 Å². The van der Waals surface area contributed by atoms with Crippen LogP contribution in [0.15, 0.2) is 48.8 Å². The maximum atomic E-state index is 12.8. The van der Waals surface area contributed by atoms with Gasteiger partial charge in [-0.1, -0.05) is 29.8 Å². The summed E-state index contributed by atoms with van der Waals surface area (Å²) in [5.74, 6) is 0.582. The molecule has 1 fully saturated rings. The van der Waals surface area contributed by atoms with E-state index < -0.39 is 0 Å². The van der Waals surface area contributed by atoms with Gasteiger partial charge in [0.2, 0.25) is 0 Å². The monoisotopic (exact) mass is 414 g/mol. The van der Waals surface area contributed by atoms with E-state index in [1.165, 1.54) is 0 Å². The molecule has 29 heavy (non-hydrogen) atoms. The van der Waals surface area contributed by atoms with E-state index in [1.807, 2.05) is 24.3 Å². The molecule has 0 radical (unpaired) electrons. The summed E-state index contributed by atoms with van der Waals surface area (Å²) in [5.41, 5.74) is 2.07. The van der Waals surface area contributed by atoms with Crippen molar-refractivity contribution in [3.05, 3.63) is 65.1 Å². The Kier molecular flexibility index (Phi) is 5.99. The summed E-state index contributed by atoms with van der Waals surface area (Å²) in [5, 5.41) is 3.62. The lowest BCUT2D eigenvalue weighted by Crippen LogP contribution is -2.44. The number of fused-ring (bicyclic) bond motifs is 1. The number of rotatable bonds is 6. The maximum Gasteiger partial charge on any atom is 0.271 e. The molecule has 0 bridgehead atoms. The van der Waals surface area contributed by atoms with Crippen molar-refractivity contribution >= 4 is 23.2 Å². The van der Waals surface area contributed by atoms with Crippen LogP contribution in [-0.4, -0.2) is 60.1 Å². The minimum atomic E-state index is -0.224. The van der Waals surface area contributed by atoms with Crippen molar-refractivity contribution in [3.8, 4) is 5.75 Å². The molecule has 1 saturated heterocycles. The number of morpholine rings is 1. The molecule has 1 N–H and O–H groups in total. The van der Waals surface area contributed by atoms with Crippen LogP contribution in [-0.2, 0) is 4.74 Å². The zero-order valence-corrected chi connectivity index (χ0v) is 16.9. The summed E-state index contributed by atoms with van der Waals surface area (Å²) < 4.78 is 12.8. The fourth-order valence-corrected chi connectivity index (χ4v) is 3.79. The number of hydrogen-bond acceptors (Lipinski definition) is 5. The summed E-state index contributed by atoms with van der Waals surface area (Å²) >= 11 is 6.02. The van der Waals surface area contributed by atoms with Gasteiger partial charge in [-0.25, -0.2) is 4.98 Å². The Hall–Kier alpha value is -2.61. The van der Waals surface area contributed by atoms with Gasteiger partial charge in [-0.2, -0.15) is 0 Å². The highest BCUT2D eigenvalue weighted by Crippen LogP contribution is 2.29. The Bertz CT molecular complexity index is 1000. The van der Waals surface area contributed by atoms with Crippen LogP contribution in [0.3, 0.4) is 0 Å². The number of hydrogen-bond donors (Lipinski definition) is 1. The Balaban J connectivity index is 1.54. The second-order valence-corrected chi connectivity index (χ2v) is 7.29. The molecule has 1 aromatic carbocycles. The molecular formula is C21H23ClN4O3. The standard InChI is InChI=1S/C21H23ClN4O3/c1-28-19-5-3-2-4-16(19)18(25-8-10-29-11-9-25)12-23-21(27)17-14-26-13-15(22)6-7-20(26)24-17/h2-7,13-14,18H,8-12H2,1H3,(H,23,27). The number of ether oxygens (including phenoxy) is 2. The molecule has 4 rings (SSSR count). The van der Waals surface area contributed by atoms with Crippen LogP contribution < -0.4 is 10.1 Å². The molecular weight excluding hydrogens is 392 g/mol. The fourth-order valence-electron chi connectivity index (χ4n) is 3.62. The number of nitrogens with one attached hydrogen (secondary N) is 1. The number of para-hydroxylation sites is 1. The molecule has 3 heterocycles. The lowest BCUT2D eigenvalue weighted by atomic mass is 10.0. The summed E-state index contributed by atoms with van der Waals surface area (Å²) in [6.07, 6.45) is 3.41. The third-order valence-corrected chi connectivity index (χ3v) is 5.31. The van der Waals surface area contributed by atoms with Crippen LogP contribution in [0.4, 0.5) is 0 Å². The molecule has 1 aliphatic rings. The molecule has 0 spiro atoms. The third kappa shape index (κ3) is 4.37. The van der Waals surface area contributed by atoms with Gasteiger partial charge >= 0.3 is 0 Å². The number of methoxy groups -OCH3 is 1.